The normalized spacial score (nSPS) is 24.8. The molecule has 2 heterocycles. The summed E-state index contributed by atoms with van der Waals surface area (Å²) in [6, 6.07) is 10.1. The molecule has 1 aliphatic rings. The summed E-state index contributed by atoms with van der Waals surface area (Å²) in [5, 5.41) is 38.1. The minimum absolute atomic E-state index is 0.103. The van der Waals surface area contributed by atoms with Gasteiger partial charge in [0.15, 0.2) is 0 Å². The number of aliphatic hydroxyl groups is 3. The highest BCUT2D eigenvalue weighted by Crippen LogP contribution is 2.38. The number of nitriles is 1. The molecule has 7 nitrogen and oxygen atoms in total. The topological polar surface area (TPSA) is 116 Å². The van der Waals surface area contributed by atoms with Crippen molar-refractivity contribution in [3.63, 3.8) is 0 Å². The molecule has 0 unspecified atom stereocenters. The number of benzene rings is 1. The molecule has 1 aliphatic heterocycles. The largest absolute Gasteiger partial charge is 0.444 e. The van der Waals surface area contributed by atoms with Crippen molar-refractivity contribution in [2.75, 3.05) is 6.61 Å². The Bertz CT molecular complexity index is 885. The molecule has 148 valence electrons. The van der Waals surface area contributed by atoms with Crippen molar-refractivity contribution >= 4 is 0 Å². The first kappa shape index (κ1) is 20.0. The summed E-state index contributed by atoms with van der Waals surface area (Å²) in [6.45, 7) is -0.644. The third-order valence-corrected chi connectivity index (χ3v) is 4.20. The molecule has 0 bridgehead atoms. The van der Waals surface area contributed by atoms with Crippen LogP contribution in [0.4, 0.5) is 13.2 Å². The molecular weight excluding hydrogens is 381 g/mol. The van der Waals surface area contributed by atoms with Crippen LogP contribution in [0.15, 0.2) is 36.4 Å². The van der Waals surface area contributed by atoms with Crippen LogP contribution in [0, 0.1) is 11.3 Å². The number of hydrogen-bond donors (Lipinski definition) is 3. The van der Waals surface area contributed by atoms with Crippen molar-refractivity contribution < 1.29 is 38.0 Å². The Kier molecular flexibility index (Phi) is 5.53. The molecule has 1 saturated heterocycles. The van der Waals surface area contributed by atoms with Gasteiger partial charge in [-0.25, -0.2) is 4.98 Å². The van der Waals surface area contributed by atoms with Crippen LogP contribution in [0.5, 0.6) is 5.88 Å². The monoisotopic (exact) mass is 396 g/mol. The van der Waals surface area contributed by atoms with E-state index in [1.807, 2.05) is 0 Å². The highest BCUT2D eigenvalue weighted by molar-refractivity contribution is 5.63. The van der Waals surface area contributed by atoms with E-state index in [-0.39, 0.29) is 5.69 Å². The maximum absolute atomic E-state index is 13.5. The summed E-state index contributed by atoms with van der Waals surface area (Å²) in [5.74, 6) is -0.703. The quantitative estimate of drug-likeness (QED) is 0.717. The van der Waals surface area contributed by atoms with E-state index in [1.54, 1.807) is 18.2 Å². The van der Waals surface area contributed by atoms with E-state index in [0.29, 0.717) is 5.56 Å². The van der Waals surface area contributed by atoms with Gasteiger partial charge >= 0.3 is 6.18 Å². The first-order chi connectivity index (χ1) is 13.3. The minimum atomic E-state index is -4.86. The van der Waals surface area contributed by atoms with Gasteiger partial charge in [-0.05, 0) is 6.07 Å². The van der Waals surface area contributed by atoms with Crippen LogP contribution in [0.25, 0.3) is 11.3 Å². The Hall–Kier alpha value is -2.71. The summed E-state index contributed by atoms with van der Waals surface area (Å²) >= 11 is 0. The van der Waals surface area contributed by atoms with Crippen molar-refractivity contribution in [2.24, 2.45) is 0 Å². The molecule has 0 spiro atoms. The number of nitrogens with zero attached hydrogens (tertiary/aromatic N) is 2. The molecular formula is C18H15F3N2O5. The third-order valence-electron chi connectivity index (χ3n) is 4.20. The van der Waals surface area contributed by atoms with Crippen molar-refractivity contribution in [1.29, 1.82) is 5.26 Å². The molecule has 28 heavy (non-hydrogen) atoms. The van der Waals surface area contributed by atoms with Gasteiger partial charge in [-0.2, -0.15) is 18.4 Å². The molecule has 2 aromatic rings. The van der Waals surface area contributed by atoms with Crippen molar-refractivity contribution in [1.82, 2.24) is 4.98 Å². The third kappa shape index (κ3) is 3.79. The lowest BCUT2D eigenvalue weighted by Gasteiger charge is -2.19. The van der Waals surface area contributed by atoms with E-state index >= 15 is 0 Å². The van der Waals surface area contributed by atoms with Gasteiger partial charge in [0.2, 0.25) is 12.2 Å². The molecule has 1 aromatic carbocycles. The van der Waals surface area contributed by atoms with Crippen LogP contribution in [0.1, 0.15) is 11.1 Å². The number of aliphatic hydroxyl groups excluding tert-OH is 3. The van der Waals surface area contributed by atoms with Crippen molar-refractivity contribution in [3.05, 3.63) is 47.5 Å². The maximum atomic E-state index is 13.5. The summed E-state index contributed by atoms with van der Waals surface area (Å²) in [7, 11) is 0. The van der Waals surface area contributed by atoms with E-state index in [4.69, 9.17) is 14.6 Å². The summed E-state index contributed by atoms with van der Waals surface area (Å²) < 4.78 is 50.8. The Morgan fingerprint density at radius 1 is 1.18 bits per heavy atom. The van der Waals surface area contributed by atoms with Crippen LogP contribution < -0.4 is 4.74 Å². The molecule has 0 radical (unpaired) electrons. The van der Waals surface area contributed by atoms with Gasteiger partial charge in [0.05, 0.1) is 17.9 Å². The zero-order valence-corrected chi connectivity index (χ0v) is 14.2. The van der Waals surface area contributed by atoms with Crippen molar-refractivity contribution in [2.45, 2.75) is 30.8 Å². The number of alkyl halides is 3. The second kappa shape index (κ2) is 7.73. The zero-order chi connectivity index (χ0) is 20.5. The van der Waals surface area contributed by atoms with Crippen LogP contribution in [0.3, 0.4) is 0 Å². The first-order valence-corrected chi connectivity index (χ1v) is 8.13. The summed E-state index contributed by atoms with van der Waals surface area (Å²) in [6.07, 6.45) is -10.8. The van der Waals surface area contributed by atoms with Gasteiger partial charge in [0.1, 0.15) is 29.9 Å². The predicted octanol–water partition coefficient (Wildman–Crippen LogP) is 1.46. The van der Waals surface area contributed by atoms with Gasteiger partial charge in [-0.15, -0.1) is 0 Å². The standard InChI is InChI=1S/C18H15F3N2O5/c19-18(20,21)11-6-12(9-4-2-1-3-5-9)23-16(10(11)7-22)28-17-15(26)14(25)13(8-24)27-17/h1-6,13-15,17,24-26H,8H2/t13-,14-,15-,17+/m1/s1. The van der Waals surface area contributed by atoms with E-state index in [9.17, 15) is 28.6 Å². The Morgan fingerprint density at radius 2 is 1.86 bits per heavy atom. The summed E-state index contributed by atoms with van der Waals surface area (Å²) in [5.41, 5.74) is -1.90. The van der Waals surface area contributed by atoms with Gasteiger partial charge in [0, 0.05) is 5.56 Å². The van der Waals surface area contributed by atoms with Crippen LogP contribution in [-0.4, -0.2) is 51.5 Å². The fourth-order valence-corrected chi connectivity index (χ4v) is 2.77. The average Bonchev–Trinajstić information content (AvgIpc) is 2.95. The van der Waals surface area contributed by atoms with Gasteiger partial charge in [-0.3, -0.25) is 0 Å². The number of ether oxygens (including phenoxy) is 2. The number of rotatable bonds is 4. The molecule has 3 rings (SSSR count). The Morgan fingerprint density at radius 3 is 2.39 bits per heavy atom. The van der Waals surface area contributed by atoms with Crippen molar-refractivity contribution in [3.8, 4) is 23.2 Å². The lowest BCUT2D eigenvalue weighted by Crippen LogP contribution is -2.36. The highest BCUT2D eigenvalue weighted by Gasteiger charge is 2.45. The minimum Gasteiger partial charge on any atom is -0.444 e. The lowest BCUT2D eigenvalue weighted by molar-refractivity contribution is -0.139. The van der Waals surface area contributed by atoms with E-state index in [0.717, 1.165) is 6.07 Å². The van der Waals surface area contributed by atoms with Crippen LogP contribution in [0.2, 0.25) is 0 Å². The first-order valence-electron chi connectivity index (χ1n) is 8.13. The predicted molar refractivity (Wildman–Crippen MR) is 87.8 cm³/mol. The fraction of sp³-hybridized carbons (Fsp3) is 0.333. The molecule has 1 aromatic heterocycles. The van der Waals surface area contributed by atoms with Gasteiger partial charge in [0.25, 0.3) is 0 Å². The molecule has 0 aliphatic carbocycles. The number of aromatic nitrogens is 1. The fourth-order valence-electron chi connectivity index (χ4n) is 2.77. The molecule has 10 heteroatoms. The zero-order valence-electron chi connectivity index (χ0n) is 14.2. The van der Waals surface area contributed by atoms with Gasteiger partial charge in [-0.1, -0.05) is 30.3 Å². The smallest absolute Gasteiger partial charge is 0.417 e. The molecule has 0 amide bonds. The Labute approximate surface area is 157 Å². The molecule has 4 atom stereocenters. The Balaban J connectivity index is 2.08. The second-order valence-electron chi connectivity index (χ2n) is 6.04. The average molecular weight is 396 g/mol. The van der Waals surface area contributed by atoms with Crippen LogP contribution >= 0.6 is 0 Å². The highest BCUT2D eigenvalue weighted by atomic mass is 19.4. The molecule has 1 fully saturated rings. The SMILES string of the molecule is N#Cc1c(C(F)(F)F)cc(-c2ccccc2)nc1O[C@@H]1O[C@H](CO)[C@@H](O)[C@H]1O. The lowest BCUT2D eigenvalue weighted by atomic mass is 10.0. The van der Waals surface area contributed by atoms with E-state index in [2.05, 4.69) is 4.98 Å². The summed E-state index contributed by atoms with van der Waals surface area (Å²) in [4.78, 5) is 3.98. The van der Waals surface area contributed by atoms with E-state index in [1.165, 1.54) is 18.2 Å². The van der Waals surface area contributed by atoms with E-state index < -0.39 is 54.4 Å². The second-order valence-corrected chi connectivity index (χ2v) is 6.04. The van der Waals surface area contributed by atoms with Crippen LogP contribution in [-0.2, 0) is 10.9 Å². The number of pyridine rings is 1. The molecule has 3 N–H and O–H groups in total. The molecule has 0 saturated carbocycles. The van der Waals surface area contributed by atoms with Gasteiger partial charge < -0.3 is 24.8 Å². The number of halogens is 3. The number of hydrogen-bond acceptors (Lipinski definition) is 7. The maximum Gasteiger partial charge on any atom is 0.417 e.